The number of hydrogen-bond acceptors (Lipinski definition) is 4. The van der Waals surface area contributed by atoms with Gasteiger partial charge in [-0.3, -0.25) is 9.59 Å². The van der Waals surface area contributed by atoms with Gasteiger partial charge in [0.25, 0.3) is 0 Å². The first-order valence-corrected chi connectivity index (χ1v) is 5.91. The number of carbonyl (C=O) groups is 2. The van der Waals surface area contributed by atoms with Crippen molar-refractivity contribution in [3.63, 3.8) is 0 Å². The standard InChI is InChI=1S/C12H22O4/c1-4-15-11(13)8-6-5-7-9-12(14)16-10(2)3/h10H,4-9H2,1-3H3. The van der Waals surface area contributed by atoms with Crippen LogP contribution in [-0.2, 0) is 19.1 Å². The van der Waals surface area contributed by atoms with Crippen molar-refractivity contribution in [1.82, 2.24) is 0 Å². The van der Waals surface area contributed by atoms with E-state index in [4.69, 9.17) is 9.47 Å². The molecule has 0 N–H and O–H groups in total. The second kappa shape index (κ2) is 9.19. The molecule has 0 fully saturated rings. The number of hydrogen-bond donors (Lipinski definition) is 0. The zero-order valence-electron chi connectivity index (χ0n) is 10.5. The van der Waals surface area contributed by atoms with Gasteiger partial charge < -0.3 is 9.47 Å². The number of unbranched alkanes of at least 4 members (excludes halogenated alkanes) is 2. The van der Waals surface area contributed by atoms with Crippen LogP contribution < -0.4 is 0 Å². The molecular formula is C12H22O4. The van der Waals surface area contributed by atoms with Crippen LogP contribution in [0, 0.1) is 0 Å². The van der Waals surface area contributed by atoms with E-state index in [0.29, 0.717) is 19.4 Å². The SMILES string of the molecule is CCOC(=O)CCCCCC(=O)OC(C)C. The molecule has 0 aliphatic carbocycles. The molecule has 0 bridgehead atoms. The third-order valence-electron chi connectivity index (χ3n) is 1.93. The van der Waals surface area contributed by atoms with E-state index in [1.807, 2.05) is 13.8 Å². The highest BCUT2D eigenvalue weighted by atomic mass is 16.5. The Kier molecular flexibility index (Phi) is 8.58. The van der Waals surface area contributed by atoms with Gasteiger partial charge in [-0.15, -0.1) is 0 Å². The van der Waals surface area contributed by atoms with E-state index in [2.05, 4.69) is 0 Å². The molecule has 0 aromatic rings. The number of esters is 2. The first-order chi connectivity index (χ1) is 7.56. The van der Waals surface area contributed by atoms with Crippen molar-refractivity contribution in [2.45, 2.75) is 59.0 Å². The smallest absolute Gasteiger partial charge is 0.306 e. The lowest BCUT2D eigenvalue weighted by molar-refractivity contribution is -0.147. The Morgan fingerprint density at radius 1 is 1.00 bits per heavy atom. The fourth-order valence-electron chi connectivity index (χ4n) is 1.27. The lowest BCUT2D eigenvalue weighted by atomic mass is 10.1. The zero-order chi connectivity index (χ0) is 12.4. The molecule has 4 heteroatoms. The van der Waals surface area contributed by atoms with E-state index in [1.54, 1.807) is 6.92 Å². The van der Waals surface area contributed by atoms with Gasteiger partial charge >= 0.3 is 11.9 Å². The van der Waals surface area contributed by atoms with Crippen LogP contribution in [0.15, 0.2) is 0 Å². The fraction of sp³-hybridized carbons (Fsp3) is 0.833. The predicted molar refractivity (Wildman–Crippen MR) is 60.9 cm³/mol. The first kappa shape index (κ1) is 14.9. The van der Waals surface area contributed by atoms with Crippen LogP contribution in [0.3, 0.4) is 0 Å². The highest BCUT2D eigenvalue weighted by Crippen LogP contribution is 2.06. The normalized spacial score (nSPS) is 10.2. The Morgan fingerprint density at radius 3 is 2.06 bits per heavy atom. The highest BCUT2D eigenvalue weighted by molar-refractivity contribution is 5.70. The second-order valence-electron chi connectivity index (χ2n) is 3.90. The molecule has 94 valence electrons. The largest absolute Gasteiger partial charge is 0.466 e. The van der Waals surface area contributed by atoms with Gasteiger partial charge in [-0.1, -0.05) is 6.42 Å². The topological polar surface area (TPSA) is 52.6 Å². The molecule has 0 aromatic carbocycles. The number of ether oxygens (including phenoxy) is 2. The molecule has 4 nitrogen and oxygen atoms in total. The maximum Gasteiger partial charge on any atom is 0.306 e. The van der Waals surface area contributed by atoms with E-state index >= 15 is 0 Å². The summed E-state index contributed by atoms with van der Waals surface area (Å²) >= 11 is 0. The summed E-state index contributed by atoms with van der Waals surface area (Å²) in [6.45, 7) is 5.89. The molecule has 0 amide bonds. The Morgan fingerprint density at radius 2 is 1.56 bits per heavy atom. The number of rotatable bonds is 8. The first-order valence-electron chi connectivity index (χ1n) is 5.91. The summed E-state index contributed by atoms with van der Waals surface area (Å²) in [4.78, 5) is 22.1. The van der Waals surface area contributed by atoms with E-state index in [0.717, 1.165) is 19.3 Å². The summed E-state index contributed by atoms with van der Waals surface area (Å²) in [5, 5.41) is 0. The third kappa shape index (κ3) is 9.49. The van der Waals surface area contributed by atoms with Crippen LogP contribution in [0.2, 0.25) is 0 Å². The Hall–Kier alpha value is -1.06. The van der Waals surface area contributed by atoms with Crippen molar-refractivity contribution in [1.29, 1.82) is 0 Å². The molecule has 0 aliphatic rings. The van der Waals surface area contributed by atoms with Crippen LogP contribution in [0.5, 0.6) is 0 Å². The molecule has 0 unspecified atom stereocenters. The van der Waals surface area contributed by atoms with Crippen LogP contribution in [0.25, 0.3) is 0 Å². The van der Waals surface area contributed by atoms with Crippen molar-refractivity contribution in [3.05, 3.63) is 0 Å². The van der Waals surface area contributed by atoms with E-state index in [-0.39, 0.29) is 18.0 Å². The van der Waals surface area contributed by atoms with Gasteiger partial charge in [-0.25, -0.2) is 0 Å². The number of carbonyl (C=O) groups excluding carboxylic acids is 2. The quantitative estimate of drug-likeness (QED) is 0.475. The van der Waals surface area contributed by atoms with Crippen molar-refractivity contribution in [2.75, 3.05) is 6.61 Å². The van der Waals surface area contributed by atoms with Crippen molar-refractivity contribution in [2.24, 2.45) is 0 Å². The Labute approximate surface area is 97.3 Å². The maximum absolute atomic E-state index is 11.1. The van der Waals surface area contributed by atoms with Crippen molar-refractivity contribution >= 4 is 11.9 Å². The Balaban J connectivity index is 3.33. The molecule has 16 heavy (non-hydrogen) atoms. The van der Waals surface area contributed by atoms with Gasteiger partial charge in [-0.05, 0) is 33.6 Å². The molecule has 0 saturated heterocycles. The van der Waals surface area contributed by atoms with Gasteiger partial charge in [0, 0.05) is 12.8 Å². The average molecular weight is 230 g/mol. The molecular weight excluding hydrogens is 208 g/mol. The molecule has 0 rings (SSSR count). The lowest BCUT2D eigenvalue weighted by Gasteiger charge is -2.07. The minimum Gasteiger partial charge on any atom is -0.466 e. The van der Waals surface area contributed by atoms with Gasteiger partial charge in [0.15, 0.2) is 0 Å². The summed E-state index contributed by atoms with van der Waals surface area (Å²) in [5.41, 5.74) is 0. The summed E-state index contributed by atoms with van der Waals surface area (Å²) in [5.74, 6) is -0.321. The second-order valence-corrected chi connectivity index (χ2v) is 3.90. The Bertz CT molecular complexity index is 211. The van der Waals surface area contributed by atoms with E-state index < -0.39 is 0 Å². The maximum atomic E-state index is 11.1. The molecule has 0 saturated carbocycles. The summed E-state index contributed by atoms with van der Waals surface area (Å²) in [6.07, 6.45) is 3.21. The van der Waals surface area contributed by atoms with Gasteiger partial charge in [0.1, 0.15) is 0 Å². The van der Waals surface area contributed by atoms with Gasteiger partial charge in [0.2, 0.25) is 0 Å². The third-order valence-corrected chi connectivity index (χ3v) is 1.93. The van der Waals surface area contributed by atoms with E-state index in [9.17, 15) is 9.59 Å². The van der Waals surface area contributed by atoms with E-state index in [1.165, 1.54) is 0 Å². The minimum absolute atomic E-state index is 0.0490. The molecule has 0 spiro atoms. The van der Waals surface area contributed by atoms with Gasteiger partial charge in [0.05, 0.1) is 12.7 Å². The van der Waals surface area contributed by atoms with Crippen LogP contribution in [0.4, 0.5) is 0 Å². The summed E-state index contributed by atoms with van der Waals surface area (Å²) in [7, 11) is 0. The average Bonchev–Trinajstić information content (AvgIpc) is 2.16. The molecule has 0 radical (unpaired) electrons. The fourth-order valence-corrected chi connectivity index (χ4v) is 1.27. The minimum atomic E-state index is -0.161. The summed E-state index contributed by atoms with van der Waals surface area (Å²) in [6, 6.07) is 0. The molecule has 0 heterocycles. The van der Waals surface area contributed by atoms with Crippen LogP contribution in [-0.4, -0.2) is 24.6 Å². The van der Waals surface area contributed by atoms with Gasteiger partial charge in [-0.2, -0.15) is 0 Å². The van der Waals surface area contributed by atoms with Crippen LogP contribution in [0.1, 0.15) is 52.9 Å². The van der Waals surface area contributed by atoms with Crippen molar-refractivity contribution < 1.29 is 19.1 Å². The van der Waals surface area contributed by atoms with Crippen LogP contribution >= 0.6 is 0 Å². The predicted octanol–water partition coefficient (Wildman–Crippen LogP) is 2.45. The zero-order valence-corrected chi connectivity index (χ0v) is 10.5. The summed E-state index contributed by atoms with van der Waals surface area (Å²) < 4.78 is 9.78. The highest BCUT2D eigenvalue weighted by Gasteiger charge is 2.05. The molecule has 0 aromatic heterocycles. The lowest BCUT2D eigenvalue weighted by Crippen LogP contribution is -2.10. The monoisotopic (exact) mass is 230 g/mol. The van der Waals surface area contributed by atoms with Crippen molar-refractivity contribution in [3.8, 4) is 0 Å². The molecule has 0 atom stereocenters. The molecule has 0 aliphatic heterocycles.